The van der Waals surface area contributed by atoms with Crippen molar-refractivity contribution >= 4 is 11.8 Å². The van der Waals surface area contributed by atoms with Gasteiger partial charge in [-0.3, -0.25) is 14.5 Å². The molecule has 2 saturated heterocycles. The van der Waals surface area contributed by atoms with Gasteiger partial charge in [0.2, 0.25) is 11.8 Å². The van der Waals surface area contributed by atoms with E-state index in [0.29, 0.717) is 18.4 Å². The molecule has 1 N–H and O–H groups in total. The first-order chi connectivity index (χ1) is 9.20. The Balaban J connectivity index is 1.65. The molecule has 3 atom stereocenters. The van der Waals surface area contributed by atoms with E-state index in [1.54, 1.807) is 4.90 Å². The highest BCUT2D eigenvalue weighted by molar-refractivity contribution is 6.05. The molecular weight excluding hydrogens is 240 g/mol. The molecule has 106 valence electrons. The van der Waals surface area contributed by atoms with Gasteiger partial charge in [0.05, 0.1) is 11.8 Å². The fourth-order valence-electron chi connectivity index (χ4n) is 4.05. The Kier molecular flexibility index (Phi) is 3.61. The number of imide groups is 1. The van der Waals surface area contributed by atoms with Crippen molar-refractivity contribution < 1.29 is 9.59 Å². The molecule has 19 heavy (non-hydrogen) atoms. The standard InChI is InChI=1S/C15H24N2O2/c1-2-10-6-12-13(7-10)15(19)17(14(12)18)9-11-4-3-5-16-8-11/h10-13,16H,2-9H2,1H3. The number of carbonyl (C=O) groups excluding carboxylic acids is 2. The molecule has 4 nitrogen and oxygen atoms in total. The van der Waals surface area contributed by atoms with Gasteiger partial charge in [-0.1, -0.05) is 13.3 Å². The highest BCUT2D eigenvalue weighted by Crippen LogP contribution is 2.44. The number of amides is 2. The predicted octanol–water partition coefficient (Wildman–Crippen LogP) is 1.41. The Morgan fingerprint density at radius 2 is 1.84 bits per heavy atom. The maximum Gasteiger partial charge on any atom is 0.233 e. The van der Waals surface area contributed by atoms with Crippen molar-refractivity contribution in [2.24, 2.45) is 23.7 Å². The van der Waals surface area contributed by atoms with E-state index in [1.807, 2.05) is 0 Å². The topological polar surface area (TPSA) is 49.4 Å². The molecule has 0 radical (unpaired) electrons. The molecule has 3 rings (SSSR count). The van der Waals surface area contributed by atoms with E-state index >= 15 is 0 Å². The number of likely N-dealkylation sites (tertiary alicyclic amines) is 1. The molecule has 4 heteroatoms. The van der Waals surface area contributed by atoms with Gasteiger partial charge in [0, 0.05) is 6.54 Å². The van der Waals surface area contributed by atoms with Crippen molar-refractivity contribution in [3.05, 3.63) is 0 Å². The number of carbonyl (C=O) groups is 2. The quantitative estimate of drug-likeness (QED) is 0.784. The third-order valence-corrected chi connectivity index (χ3v) is 5.24. The number of piperidine rings is 1. The molecule has 3 aliphatic rings. The summed E-state index contributed by atoms with van der Waals surface area (Å²) in [6.45, 7) is 4.83. The molecule has 0 spiro atoms. The second kappa shape index (κ2) is 5.23. The molecule has 3 unspecified atom stereocenters. The summed E-state index contributed by atoms with van der Waals surface area (Å²) in [6.07, 6.45) is 5.26. The van der Waals surface area contributed by atoms with Crippen LogP contribution in [0.1, 0.15) is 39.0 Å². The lowest BCUT2D eigenvalue weighted by molar-refractivity contribution is -0.141. The Labute approximate surface area is 114 Å². The van der Waals surface area contributed by atoms with Crippen LogP contribution in [0.15, 0.2) is 0 Å². The van der Waals surface area contributed by atoms with E-state index in [9.17, 15) is 9.59 Å². The van der Waals surface area contributed by atoms with Crippen molar-refractivity contribution in [1.29, 1.82) is 0 Å². The van der Waals surface area contributed by atoms with Crippen LogP contribution in [0.2, 0.25) is 0 Å². The number of nitrogens with one attached hydrogen (secondary N) is 1. The Bertz CT molecular complexity index is 352. The first-order valence-electron chi connectivity index (χ1n) is 7.76. The highest BCUT2D eigenvalue weighted by atomic mass is 16.2. The minimum atomic E-state index is 0.00833. The highest BCUT2D eigenvalue weighted by Gasteiger charge is 2.52. The number of hydrogen-bond acceptors (Lipinski definition) is 3. The first kappa shape index (κ1) is 13.1. The Morgan fingerprint density at radius 1 is 1.16 bits per heavy atom. The normalized spacial score (nSPS) is 38.9. The van der Waals surface area contributed by atoms with Crippen LogP contribution in [-0.4, -0.2) is 36.3 Å². The van der Waals surface area contributed by atoms with Gasteiger partial charge in [-0.05, 0) is 50.6 Å². The van der Waals surface area contributed by atoms with Gasteiger partial charge in [0.25, 0.3) is 0 Å². The average Bonchev–Trinajstić information content (AvgIpc) is 2.96. The van der Waals surface area contributed by atoms with Crippen molar-refractivity contribution in [3.8, 4) is 0 Å². The average molecular weight is 264 g/mol. The predicted molar refractivity (Wildman–Crippen MR) is 72.3 cm³/mol. The molecule has 0 bridgehead atoms. The molecule has 2 aliphatic heterocycles. The van der Waals surface area contributed by atoms with Crippen LogP contribution in [0, 0.1) is 23.7 Å². The van der Waals surface area contributed by atoms with E-state index in [0.717, 1.165) is 45.2 Å². The van der Waals surface area contributed by atoms with Crippen LogP contribution in [0.3, 0.4) is 0 Å². The van der Waals surface area contributed by atoms with Crippen LogP contribution in [0.25, 0.3) is 0 Å². The second-order valence-corrected chi connectivity index (χ2v) is 6.46. The van der Waals surface area contributed by atoms with E-state index in [2.05, 4.69) is 12.2 Å². The van der Waals surface area contributed by atoms with E-state index in [-0.39, 0.29) is 23.7 Å². The Hall–Kier alpha value is -0.900. The molecule has 2 heterocycles. The fourth-order valence-corrected chi connectivity index (χ4v) is 4.05. The molecule has 1 saturated carbocycles. The third-order valence-electron chi connectivity index (χ3n) is 5.24. The zero-order valence-corrected chi connectivity index (χ0v) is 11.7. The second-order valence-electron chi connectivity index (χ2n) is 6.46. The van der Waals surface area contributed by atoms with Gasteiger partial charge in [0.15, 0.2) is 0 Å². The van der Waals surface area contributed by atoms with E-state index in [4.69, 9.17) is 0 Å². The largest absolute Gasteiger partial charge is 0.316 e. The maximum absolute atomic E-state index is 12.4. The lowest BCUT2D eigenvalue weighted by Crippen LogP contribution is -2.41. The summed E-state index contributed by atoms with van der Waals surface area (Å²) < 4.78 is 0. The molecule has 0 aromatic rings. The first-order valence-corrected chi connectivity index (χ1v) is 7.76. The van der Waals surface area contributed by atoms with Gasteiger partial charge in [-0.2, -0.15) is 0 Å². The van der Waals surface area contributed by atoms with Crippen LogP contribution < -0.4 is 5.32 Å². The number of fused-ring (bicyclic) bond motifs is 1. The molecular formula is C15H24N2O2. The lowest BCUT2D eigenvalue weighted by atomic mass is 9.98. The summed E-state index contributed by atoms with van der Waals surface area (Å²) in [5.41, 5.74) is 0. The van der Waals surface area contributed by atoms with E-state index < -0.39 is 0 Å². The molecule has 0 aromatic carbocycles. The zero-order valence-electron chi connectivity index (χ0n) is 11.7. The van der Waals surface area contributed by atoms with Gasteiger partial charge in [-0.25, -0.2) is 0 Å². The van der Waals surface area contributed by atoms with Gasteiger partial charge >= 0.3 is 0 Å². The SMILES string of the molecule is CCC1CC2C(=O)N(CC3CCCNC3)C(=O)C2C1. The summed E-state index contributed by atoms with van der Waals surface area (Å²) >= 11 is 0. The van der Waals surface area contributed by atoms with Crippen LogP contribution in [-0.2, 0) is 9.59 Å². The van der Waals surface area contributed by atoms with Crippen molar-refractivity contribution in [3.63, 3.8) is 0 Å². The summed E-state index contributed by atoms with van der Waals surface area (Å²) in [5.74, 6) is 1.31. The summed E-state index contributed by atoms with van der Waals surface area (Å²) in [7, 11) is 0. The van der Waals surface area contributed by atoms with Crippen LogP contribution >= 0.6 is 0 Å². The fraction of sp³-hybridized carbons (Fsp3) is 0.867. The van der Waals surface area contributed by atoms with E-state index in [1.165, 1.54) is 0 Å². The minimum Gasteiger partial charge on any atom is -0.316 e. The maximum atomic E-state index is 12.4. The molecule has 2 amide bonds. The van der Waals surface area contributed by atoms with Gasteiger partial charge in [-0.15, -0.1) is 0 Å². The summed E-state index contributed by atoms with van der Waals surface area (Å²) in [6, 6.07) is 0. The van der Waals surface area contributed by atoms with Crippen molar-refractivity contribution in [2.75, 3.05) is 19.6 Å². The summed E-state index contributed by atoms with van der Waals surface area (Å²) in [5, 5.41) is 3.36. The van der Waals surface area contributed by atoms with Gasteiger partial charge < -0.3 is 5.32 Å². The van der Waals surface area contributed by atoms with Crippen LogP contribution in [0.4, 0.5) is 0 Å². The minimum absolute atomic E-state index is 0.00833. The zero-order chi connectivity index (χ0) is 13.4. The molecule has 1 aliphatic carbocycles. The smallest absolute Gasteiger partial charge is 0.233 e. The number of hydrogen-bond donors (Lipinski definition) is 1. The van der Waals surface area contributed by atoms with Gasteiger partial charge in [0.1, 0.15) is 0 Å². The Morgan fingerprint density at radius 3 is 2.37 bits per heavy atom. The summed E-state index contributed by atoms with van der Waals surface area (Å²) in [4.78, 5) is 26.4. The van der Waals surface area contributed by atoms with Crippen LogP contribution in [0.5, 0.6) is 0 Å². The molecule has 3 fully saturated rings. The molecule has 0 aromatic heterocycles. The van der Waals surface area contributed by atoms with Crippen molar-refractivity contribution in [2.45, 2.75) is 39.0 Å². The third kappa shape index (κ3) is 2.31. The number of nitrogens with zero attached hydrogens (tertiary/aromatic N) is 1. The lowest BCUT2D eigenvalue weighted by Gasteiger charge is -2.27. The monoisotopic (exact) mass is 264 g/mol. The number of rotatable bonds is 3. The van der Waals surface area contributed by atoms with Crippen molar-refractivity contribution in [1.82, 2.24) is 10.2 Å².